The third-order valence-electron chi connectivity index (χ3n) is 5.13. The first-order chi connectivity index (χ1) is 16.4. The molecule has 0 saturated heterocycles. The first kappa shape index (κ1) is 27.6. The van der Waals surface area contributed by atoms with Gasteiger partial charge in [-0.3, -0.25) is 0 Å². The maximum atomic E-state index is 11.8. The summed E-state index contributed by atoms with van der Waals surface area (Å²) in [6.45, 7) is 0. The second-order valence-corrected chi connectivity index (χ2v) is 7.52. The molecule has 0 unspecified atom stereocenters. The van der Waals surface area contributed by atoms with E-state index in [0.717, 1.165) is 11.1 Å². The summed E-state index contributed by atoms with van der Waals surface area (Å²) in [4.78, 5) is 21.7. The van der Waals surface area contributed by atoms with Gasteiger partial charge in [-0.2, -0.15) is 0 Å². The van der Waals surface area contributed by atoms with E-state index >= 15 is 0 Å². The zero-order valence-electron chi connectivity index (χ0n) is 18.7. The average Bonchev–Trinajstić information content (AvgIpc) is 2.83. The van der Waals surface area contributed by atoms with Gasteiger partial charge in [-0.15, -0.1) is 0 Å². The maximum absolute atomic E-state index is 11.8. The SMILES string of the molecule is O=C(O)c1cccc(Cc2ccccc2)c1[O-].O=C(O)c1cccc(Cc2ccccc2)c1[O-].[Pb+2]. The minimum absolute atomic E-state index is 0. The Morgan fingerprint density at radius 1 is 0.543 bits per heavy atom. The van der Waals surface area contributed by atoms with Crippen LogP contribution in [0.3, 0.4) is 0 Å². The van der Waals surface area contributed by atoms with Crippen LogP contribution in [0.4, 0.5) is 0 Å². The van der Waals surface area contributed by atoms with E-state index in [2.05, 4.69) is 0 Å². The first-order valence-electron chi connectivity index (χ1n) is 10.5. The average molecular weight is 662 g/mol. The number of carbonyl (C=O) groups is 2. The molecule has 0 heterocycles. The quantitative estimate of drug-likeness (QED) is 0.304. The molecule has 0 aliphatic rings. The monoisotopic (exact) mass is 662 g/mol. The van der Waals surface area contributed by atoms with Gasteiger partial charge in [0.1, 0.15) is 0 Å². The van der Waals surface area contributed by atoms with E-state index in [0.29, 0.717) is 24.0 Å². The zero-order chi connectivity index (χ0) is 24.5. The number of hydrogen-bond acceptors (Lipinski definition) is 4. The molecule has 0 saturated carbocycles. The van der Waals surface area contributed by atoms with E-state index in [1.54, 1.807) is 24.3 Å². The molecule has 4 aromatic carbocycles. The molecule has 0 fully saturated rings. The van der Waals surface area contributed by atoms with Gasteiger partial charge in [0.2, 0.25) is 0 Å². The van der Waals surface area contributed by atoms with E-state index in [1.807, 2.05) is 60.7 Å². The minimum atomic E-state index is -1.18. The molecule has 2 radical (unpaired) electrons. The Kier molecular flexibility index (Phi) is 10.5. The molecule has 0 bridgehead atoms. The van der Waals surface area contributed by atoms with E-state index < -0.39 is 23.4 Å². The fourth-order valence-electron chi connectivity index (χ4n) is 3.42. The number of rotatable bonds is 6. The molecule has 2 N–H and O–H groups in total. The van der Waals surface area contributed by atoms with Crippen molar-refractivity contribution in [3.05, 3.63) is 130 Å². The number of hydrogen-bond donors (Lipinski definition) is 2. The first-order valence-corrected chi connectivity index (χ1v) is 10.5. The predicted octanol–water partition coefficient (Wildman–Crippen LogP) is 3.72. The van der Waals surface area contributed by atoms with Gasteiger partial charge in [0.15, 0.2) is 0 Å². The Morgan fingerprint density at radius 2 is 0.886 bits per heavy atom. The van der Waals surface area contributed by atoms with Gasteiger partial charge in [0.05, 0.1) is 11.1 Å². The largest absolute Gasteiger partial charge is 2.00 e. The van der Waals surface area contributed by atoms with E-state index in [4.69, 9.17) is 10.2 Å². The summed E-state index contributed by atoms with van der Waals surface area (Å²) in [5, 5.41) is 41.4. The Balaban J connectivity index is 0.000000240. The van der Waals surface area contributed by atoms with Crippen molar-refractivity contribution in [1.29, 1.82) is 0 Å². The van der Waals surface area contributed by atoms with Crippen LogP contribution >= 0.6 is 0 Å². The van der Waals surface area contributed by atoms with Gasteiger partial charge < -0.3 is 20.4 Å². The summed E-state index contributed by atoms with van der Waals surface area (Å²) in [6, 6.07) is 28.2. The summed E-state index contributed by atoms with van der Waals surface area (Å²) in [7, 11) is 0. The summed E-state index contributed by atoms with van der Waals surface area (Å²) in [6.07, 6.45) is 0.918. The van der Waals surface area contributed by atoms with Crippen LogP contribution in [-0.2, 0) is 12.8 Å². The molecule has 35 heavy (non-hydrogen) atoms. The van der Waals surface area contributed by atoms with Crippen molar-refractivity contribution in [2.75, 3.05) is 0 Å². The van der Waals surface area contributed by atoms with Gasteiger partial charge >= 0.3 is 39.2 Å². The van der Waals surface area contributed by atoms with Crippen LogP contribution in [0.5, 0.6) is 11.5 Å². The van der Waals surface area contributed by atoms with Crippen molar-refractivity contribution < 1.29 is 30.0 Å². The molecule has 174 valence electrons. The molecule has 0 spiro atoms. The van der Waals surface area contributed by atoms with Gasteiger partial charge in [-0.05, 0) is 36.1 Å². The molecule has 4 rings (SSSR count). The standard InChI is InChI=1S/2C14H12O3.Pb/c2*15-13-11(7-4-8-12(13)14(16)17)9-10-5-2-1-3-6-10;/h2*1-8,15H,9H2,(H,16,17);/q;;+2/p-2. The number of aromatic carboxylic acids is 2. The summed E-state index contributed by atoms with van der Waals surface area (Å²) >= 11 is 0. The molecule has 0 aliphatic carbocycles. The summed E-state index contributed by atoms with van der Waals surface area (Å²) in [5.74, 6) is -3.15. The van der Waals surface area contributed by atoms with Crippen LogP contribution in [0, 0.1) is 0 Å². The third-order valence-corrected chi connectivity index (χ3v) is 5.13. The Morgan fingerprint density at radius 3 is 1.20 bits per heavy atom. The topological polar surface area (TPSA) is 121 Å². The van der Waals surface area contributed by atoms with Crippen molar-refractivity contribution in [1.82, 2.24) is 0 Å². The van der Waals surface area contributed by atoms with Crippen LogP contribution in [0.1, 0.15) is 43.0 Å². The van der Waals surface area contributed by atoms with Crippen LogP contribution < -0.4 is 10.2 Å². The molecule has 7 heteroatoms. The van der Waals surface area contributed by atoms with Gasteiger partial charge in [0, 0.05) is 0 Å². The third kappa shape index (κ3) is 7.68. The van der Waals surface area contributed by atoms with Crippen LogP contribution in [0.15, 0.2) is 97.1 Å². The summed E-state index contributed by atoms with van der Waals surface area (Å²) < 4.78 is 0. The van der Waals surface area contributed by atoms with Crippen molar-refractivity contribution >= 4 is 39.2 Å². The van der Waals surface area contributed by atoms with Crippen molar-refractivity contribution in [3.8, 4) is 11.5 Å². The molecule has 0 amide bonds. The molecule has 4 aromatic rings. The predicted molar refractivity (Wildman–Crippen MR) is 130 cm³/mol. The van der Waals surface area contributed by atoms with Crippen LogP contribution in [-0.4, -0.2) is 49.5 Å². The fourth-order valence-corrected chi connectivity index (χ4v) is 3.42. The molecule has 6 nitrogen and oxygen atoms in total. The van der Waals surface area contributed by atoms with Crippen LogP contribution in [0.25, 0.3) is 0 Å². The van der Waals surface area contributed by atoms with Crippen molar-refractivity contribution in [3.63, 3.8) is 0 Å². The number of carboxylic acids is 2. The molecule has 0 aromatic heterocycles. The second-order valence-electron chi connectivity index (χ2n) is 7.52. The van der Waals surface area contributed by atoms with Gasteiger partial charge in [-0.1, -0.05) is 108 Å². The Labute approximate surface area is 223 Å². The van der Waals surface area contributed by atoms with E-state index in [9.17, 15) is 19.8 Å². The van der Waals surface area contributed by atoms with Gasteiger partial charge in [0.25, 0.3) is 0 Å². The zero-order valence-corrected chi connectivity index (χ0v) is 22.6. The molecule has 0 aliphatic heterocycles. The van der Waals surface area contributed by atoms with Crippen molar-refractivity contribution in [2.24, 2.45) is 0 Å². The Bertz CT molecular complexity index is 1170. The Hall–Kier alpha value is -3.66. The van der Waals surface area contributed by atoms with Gasteiger partial charge in [-0.25, -0.2) is 9.59 Å². The number of benzene rings is 4. The summed E-state index contributed by atoms with van der Waals surface area (Å²) in [5.41, 5.74) is 2.67. The van der Waals surface area contributed by atoms with E-state index in [1.165, 1.54) is 12.1 Å². The second kappa shape index (κ2) is 13.3. The maximum Gasteiger partial charge on any atom is 2.00 e. The number of para-hydroxylation sites is 2. The van der Waals surface area contributed by atoms with E-state index in [-0.39, 0.29) is 38.4 Å². The fraction of sp³-hybridized carbons (Fsp3) is 0.0714. The number of carboxylic acid groups (broad SMARTS) is 2. The van der Waals surface area contributed by atoms with Crippen LogP contribution in [0.2, 0.25) is 0 Å². The normalized spacial score (nSPS) is 9.83. The van der Waals surface area contributed by atoms with Crippen molar-refractivity contribution in [2.45, 2.75) is 12.8 Å². The minimum Gasteiger partial charge on any atom is -0.872 e. The molecule has 0 atom stereocenters. The molecular formula is C28H22O6Pb. The smallest absolute Gasteiger partial charge is 0.872 e. The molecular weight excluding hydrogens is 640 g/mol.